The van der Waals surface area contributed by atoms with Crippen LogP contribution in [0.15, 0.2) is 78.9 Å². The molecule has 1 aliphatic carbocycles. The van der Waals surface area contributed by atoms with E-state index in [1.807, 2.05) is 60.7 Å². The lowest BCUT2D eigenvalue weighted by Crippen LogP contribution is -2.29. The molecule has 0 fully saturated rings. The van der Waals surface area contributed by atoms with E-state index in [1.165, 1.54) is 35.0 Å². The van der Waals surface area contributed by atoms with E-state index in [1.54, 1.807) is 0 Å². The quantitative estimate of drug-likeness (QED) is 0.462. The predicted molar refractivity (Wildman–Crippen MR) is 122 cm³/mol. The van der Waals surface area contributed by atoms with E-state index in [2.05, 4.69) is 28.5 Å². The first-order valence-electron chi connectivity index (χ1n) is 10.8. The van der Waals surface area contributed by atoms with Crippen molar-refractivity contribution in [3.8, 4) is 0 Å². The summed E-state index contributed by atoms with van der Waals surface area (Å²) in [6.45, 7) is 0.533. The van der Waals surface area contributed by atoms with Crippen molar-refractivity contribution in [2.45, 2.75) is 38.1 Å². The molecule has 1 heterocycles. The van der Waals surface area contributed by atoms with Crippen LogP contribution in [0.5, 0.6) is 0 Å². The summed E-state index contributed by atoms with van der Waals surface area (Å²) in [7, 11) is 0. The van der Waals surface area contributed by atoms with Gasteiger partial charge in [-0.15, -0.1) is 0 Å². The van der Waals surface area contributed by atoms with Gasteiger partial charge >= 0.3 is 0 Å². The van der Waals surface area contributed by atoms with Crippen molar-refractivity contribution in [3.05, 3.63) is 107 Å². The SMILES string of the molecule is O=C(NCc1ccc2[nH]c3c(c2c1)CCCC3)C(c1ccccc1)c1ccccc1. The highest BCUT2D eigenvalue weighted by atomic mass is 16.1. The molecular weight excluding hydrogens is 368 g/mol. The van der Waals surface area contributed by atoms with Gasteiger partial charge in [0.2, 0.25) is 5.91 Å². The Labute approximate surface area is 177 Å². The Morgan fingerprint density at radius 1 is 0.867 bits per heavy atom. The second-order valence-corrected chi connectivity index (χ2v) is 8.14. The van der Waals surface area contributed by atoms with E-state index in [0.717, 1.165) is 29.5 Å². The molecule has 0 atom stereocenters. The fourth-order valence-corrected chi connectivity index (χ4v) is 4.64. The predicted octanol–water partition coefficient (Wildman–Crippen LogP) is 5.50. The number of aromatic amines is 1. The lowest BCUT2D eigenvalue weighted by molar-refractivity contribution is -0.121. The molecule has 0 spiro atoms. The lowest BCUT2D eigenvalue weighted by Gasteiger charge is -2.18. The molecule has 0 saturated carbocycles. The van der Waals surface area contributed by atoms with Gasteiger partial charge in [0.25, 0.3) is 0 Å². The Morgan fingerprint density at radius 3 is 2.23 bits per heavy atom. The smallest absolute Gasteiger partial charge is 0.232 e. The molecule has 5 rings (SSSR count). The van der Waals surface area contributed by atoms with Crippen LogP contribution in [0.25, 0.3) is 10.9 Å². The van der Waals surface area contributed by atoms with Crippen molar-refractivity contribution in [2.75, 3.05) is 0 Å². The van der Waals surface area contributed by atoms with E-state index in [9.17, 15) is 4.79 Å². The van der Waals surface area contributed by atoms with Gasteiger partial charge in [-0.1, -0.05) is 66.7 Å². The fraction of sp³-hybridized carbons (Fsp3) is 0.222. The van der Waals surface area contributed by atoms with Crippen LogP contribution in [-0.4, -0.2) is 10.9 Å². The minimum absolute atomic E-state index is 0.0311. The van der Waals surface area contributed by atoms with E-state index in [0.29, 0.717) is 6.54 Å². The zero-order chi connectivity index (χ0) is 20.3. The van der Waals surface area contributed by atoms with Gasteiger partial charge in [0.05, 0.1) is 5.92 Å². The normalized spacial score (nSPS) is 13.4. The average Bonchev–Trinajstić information content (AvgIpc) is 3.17. The van der Waals surface area contributed by atoms with Crippen LogP contribution in [0, 0.1) is 0 Å². The molecule has 4 aromatic rings. The van der Waals surface area contributed by atoms with Gasteiger partial charge in [-0.05, 0) is 60.1 Å². The van der Waals surface area contributed by atoms with E-state index >= 15 is 0 Å². The molecule has 0 unspecified atom stereocenters. The molecule has 1 aromatic heterocycles. The minimum Gasteiger partial charge on any atom is -0.358 e. The molecule has 0 bridgehead atoms. The second kappa shape index (κ2) is 8.19. The van der Waals surface area contributed by atoms with Crippen molar-refractivity contribution in [3.63, 3.8) is 0 Å². The van der Waals surface area contributed by atoms with Crippen molar-refractivity contribution < 1.29 is 4.79 Å². The van der Waals surface area contributed by atoms with E-state index in [-0.39, 0.29) is 11.8 Å². The molecule has 0 saturated heterocycles. The van der Waals surface area contributed by atoms with E-state index in [4.69, 9.17) is 0 Å². The molecule has 3 aromatic carbocycles. The summed E-state index contributed by atoms with van der Waals surface area (Å²) in [6, 6.07) is 26.5. The van der Waals surface area contributed by atoms with Crippen molar-refractivity contribution in [1.82, 2.24) is 10.3 Å². The van der Waals surface area contributed by atoms with Crippen molar-refractivity contribution >= 4 is 16.8 Å². The first-order valence-corrected chi connectivity index (χ1v) is 10.8. The largest absolute Gasteiger partial charge is 0.358 e. The zero-order valence-corrected chi connectivity index (χ0v) is 17.0. The number of H-pyrrole nitrogens is 1. The second-order valence-electron chi connectivity index (χ2n) is 8.14. The Balaban J connectivity index is 1.38. The number of fused-ring (bicyclic) bond motifs is 3. The van der Waals surface area contributed by atoms with Gasteiger partial charge < -0.3 is 10.3 Å². The summed E-state index contributed by atoms with van der Waals surface area (Å²) < 4.78 is 0. The maximum absolute atomic E-state index is 13.2. The van der Waals surface area contributed by atoms with Gasteiger partial charge in [0, 0.05) is 23.1 Å². The zero-order valence-electron chi connectivity index (χ0n) is 17.0. The molecule has 0 aliphatic heterocycles. The van der Waals surface area contributed by atoms with Gasteiger partial charge in [-0.3, -0.25) is 4.79 Å². The number of amides is 1. The van der Waals surface area contributed by atoms with Gasteiger partial charge in [-0.2, -0.15) is 0 Å². The minimum atomic E-state index is -0.309. The molecule has 0 radical (unpaired) electrons. The maximum Gasteiger partial charge on any atom is 0.232 e. The summed E-state index contributed by atoms with van der Waals surface area (Å²) >= 11 is 0. The lowest BCUT2D eigenvalue weighted by atomic mass is 9.90. The van der Waals surface area contributed by atoms with Gasteiger partial charge in [0.15, 0.2) is 0 Å². The molecule has 2 N–H and O–H groups in total. The Morgan fingerprint density at radius 2 is 1.53 bits per heavy atom. The molecular formula is C27H26N2O. The van der Waals surface area contributed by atoms with Crippen LogP contribution in [0.1, 0.15) is 46.7 Å². The number of carbonyl (C=O) groups excluding carboxylic acids is 1. The van der Waals surface area contributed by atoms with Crippen LogP contribution in [-0.2, 0) is 24.2 Å². The number of hydrogen-bond acceptors (Lipinski definition) is 1. The van der Waals surface area contributed by atoms with Crippen LogP contribution in [0.3, 0.4) is 0 Å². The number of carbonyl (C=O) groups is 1. The van der Waals surface area contributed by atoms with Crippen molar-refractivity contribution in [1.29, 1.82) is 0 Å². The molecule has 3 nitrogen and oxygen atoms in total. The van der Waals surface area contributed by atoms with Crippen LogP contribution >= 0.6 is 0 Å². The first-order chi connectivity index (χ1) is 14.8. The third-order valence-corrected chi connectivity index (χ3v) is 6.16. The Bertz CT molecular complexity index is 1120. The average molecular weight is 395 g/mol. The molecule has 150 valence electrons. The van der Waals surface area contributed by atoms with Gasteiger partial charge in [0.1, 0.15) is 0 Å². The van der Waals surface area contributed by atoms with Crippen molar-refractivity contribution in [2.24, 2.45) is 0 Å². The molecule has 1 aliphatic rings. The summed E-state index contributed by atoms with van der Waals surface area (Å²) in [4.78, 5) is 16.8. The monoisotopic (exact) mass is 394 g/mol. The summed E-state index contributed by atoms with van der Waals surface area (Å²) in [5.74, 6) is -0.278. The third-order valence-electron chi connectivity index (χ3n) is 6.16. The van der Waals surface area contributed by atoms with Crippen LogP contribution in [0.2, 0.25) is 0 Å². The Kier molecular flexibility index (Phi) is 5.10. The first kappa shape index (κ1) is 18.7. The topological polar surface area (TPSA) is 44.9 Å². The Hall–Kier alpha value is -3.33. The number of aromatic nitrogens is 1. The van der Waals surface area contributed by atoms with Crippen LogP contribution < -0.4 is 5.32 Å². The molecule has 1 amide bonds. The summed E-state index contributed by atoms with van der Waals surface area (Å²) in [5, 5.41) is 4.50. The molecule has 30 heavy (non-hydrogen) atoms. The van der Waals surface area contributed by atoms with E-state index < -0.39 is 0 Å². The van der Waals surface area contributed by atoms with Gasteiger partial charge in [-0.25, -0.2) is 0 Å². The highest BCUT2D eigenvalue weighted by Crippen LogP contribution is 2.30. The van der Waals surface area contributed by atoms with Crippen LogP contribution in [0.4, 0.5) is 0 Å². The number of nitrogens with one attached hydrogen (secondary N) is 2. The number of benzene rings is 3. The maximum atomic E-state index is 13.2. The third kappa shape index (κ3) is 3.63. The standard InChI is InChI=1S/C27H26N2O/c30-27(26(20-9-3-1-4-10-20)21-11-5-2-6-12-21)28-18-19-15-16-25-23(17-19)22-13-7-8-14-24(22)29-25/h1-6,9-12,15-17,26,29H,7-8,13-14,18H2,(H,28,30). The fourth-order valence-electron chi connectivity index (χ4n) is 4.64. The summed E-state index contributed by atoms with van der Waals surface area (Å²) in [5.41, 5.74) is 7.24. The highest BCUT2D eigenvalue weighted by Gasteiger charge is 2.22. The number of rotatable bonds is 5. The molecule has 3 heteroatoms. The highest BCUT2D eigenvalue weighted by molar-refractivity contribution is 5.88. The summed E-state index contributed by atoms with van der Waals surface area (Å²) in [6.07, 6.45) is 4.82. The number of hydrogen-bond donors (Lipinski definition) is 2. The number of aryl methyl sites for hydroxylation is 2.